The van der Waals surface area contributed by atoms with E-state index in [1.165, 1.54) is 71.2 Å². The summed E-state index contributed by atoms with van der Waals surface area (Å²) in [6.07, 6.45) is 8.42. The molecule has 0 bridgehead atoms. The van der Waals surface area contributed by atoms with Crippen LogP contribution < -0.4 is 5.32 Å². The second-order valence-corrected chi connectivity index (χ2v) is 6.39. The smallest absolute Gasteiger partial charge is 0.0264 e. The highest BCUT2D eigenvalue weighted by molar-refractivity contribution is 4.97. The first-order valence-corrected chi connectivity index (χ1v) is 8.10. The van der Waals surface area contributed by atoms with Crippen molar-refractivity contribution in [3.05, 3.63) is 0 Å². The molecule has 3 aliphatic rings. The van der Waals surface area contributed by atoms with Gasteiger partial charge < -0.3 is 5.32 Å². The van der Waals surface area contributed by atoms with Crippen LogP contribution in [0, 0.1) is 0 Å². The van der Waals surface area contributed by atoms with Gasteiger partial charge in [0.05, 0.1) is 0 Å². The van der Waals surface area contributed by atoms with Gasteiger partial charge in [-0.15, -0.1) is 0 Å². The highest BCUT2D eigenvalue weighted by Gasteiger charge is 2.39. The van der Waals surface area contributed by atoms with Crippen LogP contribution in [0.25, 0.3) is 0 Å². The lowest BCUT2D eigenvalue weighted by Crippen LogP contribution is -2.57. The van der Waals surface area contributed by atoms with Crippen LogP contribution >= 0.6 is 0 Å². The van der Waals surface area contributed by atoms with E-state index in [0.717, 1.165) is 18.1 Å². The fourth-order valence-corrected chi connectivity index (χ4v) is 4.34. The molecule has 3 aliphatic heterocycles. The van der Waals surface area contributed by atoms with Gasteiger partial charge in [0.2, 0.25) is 0 Å². The number of nitrogens with one attached hydrogen (secondary N) is 1. The Balaban J connectivity index is 1.60. The standard InChI is InChI=1S/C15H29N3/c1-2-5-13-12-18(11-8-16-13)15-7-10-17-9-4-3-6-14(15)17/h13-16H,2-12H2,1H3. The Hall–Kier alpha value is -0.120. The zero-order valence-corrected chi connectivity index (χ0v) is 11.9. The average Bonchev–Trinajstić information content (AvgIpc) is 2.83. The van der Waals surface area contributed by atoms with Crippen molar-refractivity contribution in [3.8, 4) is 0 Å². The topological polar surface area (TPSA) is 18.5 Å². The number of fused-ring (bicyclic) bond motifs is 1. The highest BCUT2D eigenvalue weighted by atomic mass is 15.3. The molecule has 3 unspecified atom stereocenters. The number of piperidine rings is 1. The molecule has 3 atom stereocenters. The van der Waals surface area contributed by atoms with Crippen LogP contribution in [0.2, 0.25) is 0 Å². The number of piperazine rings is 1. The van der Waals surface area contributed by atoms with E-state index in [0.29, 0.717) is 0 Å². The minimum Gasteiger partial charge on any atom is -0.311 e. The fraction of sp³-hybridized carbons (Fsp3) is 1.00. The molecule has 1 N–H and O–H groups in total. The molecule has 3 heteroatoms. The number of rotatable bonds is 3. The third kappa shape index (κ3) is 2.59. The van der Waals surface area contributed by atoms with E-state index in [4.69, 9.17) is 0 Å². The molecule has 3 nitrogen and oxygen atoms in total. The summed E-state index contributed by atoms with van der Waals surface area (Å²) in [5.74, 6) is 0. The van der Waals surface area contributed by atoms with Gasteiger partial charge in [0.15, 0.2) is 0 Å². The summed E-state index contributed by atoms with van der Waals surface area (Å²) in [6.45, 7) is 8.80. The van der Waals surface area contributed by atoms with Gasteiger partial charge in [0.1, 0.15) is 0 Å². The third-order valence-corrected chi connectivity index (χ3v) is 5.21. The van der Waals surface area contributed by atoms with Crippen LogP contribution in [0.3, 0.4) is 0 Å². The summed E-state index contributed by atoms with van der Waals surface area (Å²) < 4.78 is 0. The predicted molar refractivity (Wildman–Crippen MR) is 75.9 cm³/mol. The van der Waals surface area contributed by atoms with Crippen molar-refractivity contribution in [2.24, 2.45) is 0 Å². The first-order chi connectivity index (χ1) is 8.88. The lowest BCUT2D eigenvalue weighted by atomic mass is 9.96. The molecule has 0 aromatic carbocycles. The number of hydrogen-bond acceptors (Lipinski definition) is 3. The van der Waals surface area contributed by atoms with Crippen molar-refractivity contribution < 1.29 is 0 Å². The van der Waals surface area contributed by atoms with E-state index in [9.17, 15) is 0 Å². The van der Waals surface area contributed by atoms with Gasteiger partial charge in [-0.2, -0.15) is 0 Å². The molecule has 0 spiro atoms. The zero-order valence-electron chi connectivity index (χ0n) is 11.9. The SMILES string of the molecule is CCCC1CN(C2CCN3CCCCC23)CCN1. The molecular formula is C15H29N3. The molecule has 3 saturated heterocycles. The summed E-state index contributed by atoms with van der Waals surface area (Å²) >= 11 is 0. The average molecular weight is 251 g/mol. The van der Waals surface area contributed by atoms with Gasteiger partial charge in [-0.1, -0.05) is 19.8 Å². The summed E-state index contributed by atoms with van der Waals surface area (Å²) in [4.78, 5) is 5.58. The molecule has 0 amide bonds. The fourth-order valence-electron chi connectivity index (χ4n) is 4.34. The quantitative estimate of drug-likeness (QED) is 0.823. The van der Waals surface area contributed by atoms with Gasteiger partial charge in [0, 0.05) is 44.3 Å². The lowest BCUT2D eigenvalue weighted by molar-refractivity contribution is 0.0885. The van der Waals surface area contributed by atoms with Crippen molar-refractivity contribution in [1.82, 2.24) is 15.1 Å². The van der Waals surface area contributed by atoms with Crippen LogP contribution in [0.4, 0.5) is 0 Å². The molecule has 3 rings (SSSR count). The van der Waals surface area contributed by atoms with Crippen LogP contribution in [-0.4, -0.2) is 60.6 Å². The molecule has 0 saturated carbocycles. The second kappa shape index (κ2) is 5.89. The van der Waals surface area contributed by atoms with E-state index in [2.05, 4.69) is 22.0 Å². The normalized spacial score (nSPS) is 38.8. The van der Waals surface area contributed by atoms with Crippen LogP contribution in [0.5, 0.6) is 0 Å². The Morgan fingerprint density at radius 3 is 2.78 bits per heavy atom. The second-order valence-electron chi connectivity index (χ2n) is 6.39. The van der Waals surface area contributed by atoms with E-state index in [1.54, 1.807) is 0 Å². The van der Waals surface area contributed by atoms with Gasteiger partial charge in [0.25, 0.3) is 0 Å². The van der Waals surface area contributed by atoms with Gasteiger partial charge in [-0.05, 0) is 32.2 Å². The van der Waals surface area contributed by atoms with Gasteiger partial charge in [-0.25, -0.2) is 0 Å². The van der Waals surface area contributed by atoms with E-state index in [-0.39, 0.29) is 0 Å². The maximum absolute atomic E-state index is 3.69. The number of hydrogen-bond donors (Lipinski definition) is 1. The van der Waals surface area contributed by atoms with Crippen LogP contribution in [0.1, 0.15) is 45.4 Å². The first kappa shape index (κ1) is 12.9. The molecule has 3 fully saturated rings. The van der Waals surface area contributed by atoms with Crippen molar-refractivity contribution >= 4 is 0 Å². The van der Waals surface area contributed by atoms with Crippen molar-refractivity contribution in [2.75, 3.05) is 32.7 Å². The molecule has 18 heavy (non-hydrogen) atoms. The van der Waals surface area contributed by atoms with Crippen molar-refractivity contribution in [1.29, 1.82) is 0 Å². The molecule has 0 aromatic heterocycles. The Morgan fingerprint density at radius 2 is 1.89 bits per heavy atom. The van der Waals surface area contributed by atoms with E-state index >= 15 is 0 Å². The molecule has 0 radical (unpaired) electrons. The summed E-state index contributed by atoms with van der Waals surface area (Å²) in [5, 5.41) is 3.69. The molecule has 104 valence electrons. The highest BCUT2D eigenvalue weighted by Crippen LogP contribution is 2.31. The largest absolute Gasteiger partial charge is 0.311 e. The van der Waals surface area contributed by atoms with Crippen molar-refractivity contribution in [2.45, 2.75) is 63.6 Å². The van der Waals surface area contributed by atoms with Gasteiger partial charge >= 0.3 is 0 Å². The lowest BCUT2D eigenvalue weighted by Gasteiger charge is -2.42. The molecule has 3 heterocycles. The zero-order chi connectivity index (χ0) is 12.4. The van der Waals surface area contributed by atoms with E-state index in [1.807, 2.05) is 0 Å². The molecular weight excluding hydrogens is 222 g/mol. The van der Waals surface area contributed by atoms with Crippen LogP contribution in [0.15, 0.2) is 0 Å². The maximum atomic E-state index is 3.69. The third-order valence-electron chi connectivity index (χ3n) is 5.21. The monoisotopic (exact) mass is 251 g/mol. The summed E-state index contributed by atoms with van der Waals surface area (Å²) in [5.41, 5.74) is 0. The van der Waals surface area contributed by atoms with Gasteiger partial charge in [-0.3, -0.25) is 9.80 Å². The number of nitrogens with zero attached hydrogens (tertiary/aromatic N) is 2. The van der Waals surface area contributed by atoms with Crippen LogP contribution in [-0.2, 0) is 0 Å². The Morgan fingerprint density at radius 1 is 1.00 bits per heavy atom. The summed E-state index contributed by atoms with van der Waals surface area (Å²) in [7, 11) is 0. The minimum atomic E-state index is 0.751. The molecule has 0 aliphatic carbocycles. The maximum Gasteiger partial charge on any atom is 0.0264 e. The Kier molecular flexibility index (Phi) is 4.22. The minimum absolute atomic E-state index is 0.751. The Labute approximate surface area is 112 Å². The first-order valence-electron chi connectivity index (χ1n) is 8.10. The van der Waals surface area contributed by atoms with E-state index < -0.39 is 0 Å². The molecule has 0 aromatic rings. The summed E-state index contributed by atoms with van der Waals surface area (Å²) in [6, 6.07) is 2.51. The van der Waals surface area contributed by atoms with Crippen molar-refractivity contribution in [3.63, 3.8) is 0 Å². The predicted octanol–water partition coefficient (Wildman–Crippen LogP) is 1.69. The Bertz CT molecular complexity index is 266.